The van der Waals surface area contributed by atoms with E-state index < -0.39 is 0 Å². The second-order valence-electron chi connectivity index (χ2n) is 4.94. The van der Waals surface area contributed by atoms with E-state index >= 15 is 0 Å². The SMILES string of the molecule is COCCNCc1ccc(-n2cnc3ccccc32)cc1. The van der Waals surface area contributed by atoms with Crippen molar-refractivity contribution in [1.82, 2.24) is 14.9 Å². The minimum atomic E-state index is 0.735. The average molecular weight is 281 g/mol. The van der Waals surface area contributed by atoms with Crippen LogP contribution in [0.1, 0.15) is 5.56 Å². The van der Waals surface area contributed by atoms with Crippen LogP contribution in [-0.4, -0.2) is 29.8 Å². The topological polar surface area (TPSA) is 39.1 Å². The molecule has 0 atom stereocenters. The Balaban J connectivity index is 1.75. The highest BCUT2D eigenvalue weighted by molar-refractivity contribution is 5.77. The molecule has 0 aliphatic carbocycles. The van der Waals surface area contributed by atoms with Gasteiger partial charge in [-0.2, -0.15) is 0 Å². The lowest BCUT2D eigenvalue weighted by Gasteiger charge is -2.07. The molecule has 3 aromatic rings. The van der Waals surface area contributed by atoms with Crippen molar-refractivity contribution in [3.05, 3.63) is 60.4 Å². The standard InChI is InChI=1S/C17H19N3O/c1-21-11-10-18-12-14-6-8-15(9-7-14)20-13-19-16-4-2-3-5-17(16)20/h2-9,13,18H,10-12H2,1H3. The smallest absolute Gasteiger partial charge is 0.100 e. The van der Waals surface area contributed by atoms with Crippen LogP contribution >= 0.6 is 0 Å². The number of ether oxygens (including phenoxy) is 1. The summed E-state index contributed by atoms with van der Waals surface area (Å²) in [6.45, 7) is 2.46. The Morgan fingerprint density at radius 2 is 1.90 bits per heavy atom. The number of fused-ring (bicyclic) bond motifs is 1. The molecule has 21 heavy (non-hydrogen) atoms. The third-order valence-electron chi connectivity index (χ3n) is 3.48. The number of hydrogen-bond acceptors (Lipinski definition) is 3. The van der Waals surface area contributed by atoms with Crippen LogP contribution in [0.5, 0.6) is 0 Å². The summed E-state index contributed by atoms with van der Waals surface area (Å²) in [7, 11) is 1.71. The number of benzene rings is 2. The number of nitrogens with zero attached hydrogens (tertiary/aromatic N) is 2. The maximum atomic E-state index is 5.02. The van der Waals surface area contributed by atoms with E-state index in [1.165, 1.54) is 5.56 Å². The van der Waals surface area contributed by atoms with Gasteiger partial charge in [0.25, 0.3) is 0 Å². The number of para-hydroxylation sites is 2. The van der Waals surface area contributed by atoms with E-state index in [9.17, 15) is 0 Å². The Hall–Kier alpha value is -2.17. The van der Waals surface area contributed by atoms with Gasteiger partial charge in [-0.1, -0.05) is 24.3 Å². The first-order valence-electron chi connectivity index (χ1n) is 7.09. The van der Waals surface area contributed by atoms with Crippen molar-refractivity contribution in [3.63, 3.8) is 0 Å². The van der Waals surface area contributed by atoms with E-state index in [0.29, 0.717) is 0 Å². The van der Waals surface area contributed by atoms with E-state index in [1.807, 2.05) is 24.5 Å². The van der Waals surface area contributed by atoms with Crippen LogP contribution in [0.2, 0.25) is 0 Å². The molecule has 0 saturated carbocycles. The molecule has 4 heteroatoms. The van der Waals surface area contributed by atoms with Crippen molar-refractivity contribution in [2.75, 3.05) is 20.3 Å². The molecule has 3 rings (SSSR count). The molecule has 0 unspecified atom stereocenters. The van der Waals surface area contributed by atoms with E-state index in [4.69, 9.17) is 4.74 Å². The van der Waals surface area contributed by atoms with E-state index in [0.717, 1.165) is 36.4 Å². The zero-order valence-electron chi connectivity index (χ0n) is 12.1. The lowest BCUT2D eigenvalue weighted by molar-refractivity contribution is 0.199. The van der Waals surface area contributed by atoms with Crippen molar-refractivity contribution in [3.8, 4) is 5.69 Å². The monoisotopic (exact) mass is 281 g/mol. The Labute approximate surface area is 124 Å². The van der Waals surface area contributed by atoms with Crippen LogP contribution in [0.15, 0.2) is 54.9 Å². The van der Waals surface area contributed by atoms with E-state index in [-0.39, 0.29) is 0 Å². The maximum absolute atomic E-state index is 5.02. The van der Waals surface area contributed by atoms with Gasteiger partial charge in [0.1, 0.15) is 6.33 Å². The van der Waals surface area contributed by atoms with Crippen LogP contribution in [0.3, 0.4) is 0 Å². The van der Waals surface area contributed by atoms with Crippen LogP contribution in [-0.2, 0) is 11.3 Å². The first-order valence-corrected chi connectivity index (χ1v) is 7.09. The van der Waals surface area contributed by atoms with Gasteiger partial charge in [0.2, 0.25) is 0 Å². The Morgan fingerprint density at radius 3 is 2.71 bits per heavy atom. The number of rotatable bonds is 6. The van der Waals surface area contributed by atoms with Crippen LogP contribution in [0, 0.1) is 0 Å². The largest absolute Gasteiger partial charge is 0.383 e. The van der Waals surface area contributed by atoms with Crippen molar-refractivity contribution in [2.45, 2.75) is 6.54 Å². The minimum Gasteiger partial charge on any atom is -0.383 e. The lowest BCUT2D eigenvalue weighted by atomic mass is 10.2. The van der Waals surface area contributed by atoms with Crippen molar-refractivity contribution in [2.24, 2.45) is 0 Å². The Kier molecular flexibility index (Phi) is 4.28. The molecule has 0 aliphatic rings. The van der Waals surface area contributed by atoms with Crippen molar-refractivity contribution < 1.29 is 4.74 Å². The van der Waals surface area contributed by atoms with E-state index in [2.05, 4.69) is 45.2 Å². The van der Waals surface area contributed by atoms with Gasteiger partial charge in [-0.15, -0.1) is 0 Å². The number of nitrogens with one attached hydrogen (secondary N) is 1. The predicted octanol–water partition coefficient (Wildman–Crippen LogP) is 2.76. The summed E-state index contributed by atoms with van der Waals surface area (Å²) in [4.78, 5) is 4.42. The molecule has 0 amide bonds. The zero-order chi connectivity index (χ0) is 14.5. The quantitative estimate of drug-likeness (QED) is 0.706. The van der Waals surface area contributed by atoms with Gasteiger partial charge in [-0.05, 0) is 29.8 Å². The summed E-state index contributed by atoms with van der Waals surface area (Å²) >= 11 is 0. The van der Waals surface area contributed by atoms with Gasteiger partial charge in [-0.3, -0.25) is 4.57 Å². The molecule has 0 aliphatic heterocycles. The summed E-state index contributed by atoms with van der Waals surface area (Å²) in [6, 6.07) is 16.7. The van der Waals surface area contributed by atoms with E-state index in [1.54, 1.807) is 7.11 Å². The fourth-order valence-electron chi connectivity index (χ4n) is 2.35. The molecule has 0 spiro atoms. The highest BCUT2D eigenvalue weighted by Crippen LogP contribution is 2.18. The van der Waals surface area contributed by atoms with Crippen LogP contribution in [0.25, 0.3) is 16.7 Å². The van der Waals surface area contributed by atoms with Gasteiger partial charge in [0.05, 0.1) is 17.6 Å². The van der Waals surface area contributed by atoms with Gasteiger partial charge >= 0.3 is 0 Å². The van der Waals surface area contributed by atoms with Crippen molar-refractivity contribution in [1.29, 1.82) is 0 Å². The summed E-state index contributed by atoms with van der Waals surface area (Å²) in [6.07, 6.45) is 1.87. The fraction of sp³-hybridized carbons (Fsp3) is 0.235. The molecule has 0 bridgehead atoms. The second-order valence-corrected chi connectivity index (χ2v) is 4.94. The molecule has 1 N–H and O–H groups in total. The molecule has 1 heterocycles. The third kappa shape index (κ3) is 3.12. The number of methoxy groups -OCH3 is 1. The van der Waals surface area contributed by atoms with Crippen LogP contribution < -0.4 is 5.32 Å². The molecule has 0 radical (unpaired) electrons. The summed E-state index contributed by atoms with van der Waals surface area (Å²) < 4.78 is 7.12. The molecular formula is C17H19N3O. The second kappa shape index (κ2) is 6.52. The number of aromatic nitrogens is 2. The molecule has 0 fully saturated rings. The first-order chi connectivity index (χ1) is 10.4. The summed E-state index contributed by atoms with van der Waals surface area (Å²) in [5.74, 6) is 0. The van der Waals surface area contributed by atoms with Gasteiger partial charge in [-0.25, -0.2) is 4.98 Å². The molecule has 0 saturated heterocycles. The van der Waals surface area contributed by atoms with Crippen molar-refractivity contribution >= 4 is 11.0 Å². The average Bonchev–Trinajstić information content (AvgIpc) is 2.96. The number of hydrogen-bond donors (Lipinski definition) is 1. The first kappa shape index (κ1) is 13.8. The minimum absolute atomic E-state index is 0.735. The van der Waals surface area contributed by atoms with Gasteiger partial charge < -0.3 is 10.1 Å². The fourth-order valence-corrected chi connectivity index (χ4v) is 2.35. The maximum Gasteiger partial charge on any atom is 0.100 e. The summed E-state index contributed by atoms with van der Waals surface area (Å²) in [5, 5.41) is 3.34. The lowest BCUT2D eigenvalue weighted by Crippen LogP contribution is -2.18. The molecule has 108 valence electrons. The molecule has 4 nitrogen and oxygen atoms in total. The number of imidazole rings is 1. The molecule has 2 aromatic carbocycles. The molecular weight excluding hydrogens is 262 g/mol. The molecule has 1 aromatic heterocycles. The van der Waals surface area contributed by atoms with Crippen LogP contribution in [0.4, 0.5) is 0 Å². The highest BCUT2D eigenvalue weighted by atomic mass is 16.5. The predicted molar refractivity (Wildman–Crippen MR) is 84.7 cm³/mol. The highest BCUT2D eigenvalue weighted by Gasteiger charge is 2.03. The Bertz CT molecular complexity index is 703. The third-order valence-corrected chi connectivity index (χ3v) is 3.48. The van der Waals surface area contributed by atoms with Gasteiger partial charge in [0, 0.05) is 25.9 Å². The zero-order valence-corrected chi connectivity index (χ0v) is 12.1. The Morgan fingerprint density at radius 1 is 1.10 bits per heavy atom. The van der Waals surface area contributed by atoms with Gasteiger partial charge in [0.15, 0.2) is 0 Å². The summed E-state index contributed by atoms with van der Waals surface area (Å²) in [5.41, 5.74) is 4.54. The normalized spacial score (nSPS) is 11.1.